The first-order chi connectivity index (χ1) is 10.3. The molecule has 21 heavy (non-hydrogen) atoms. The minimum Gasteiger partial charge on any atom is -0.379 e. The van der Waals surface area contributed by atoms with E-state index in [2.05, 4.69) is 15.3 Å². The molecule has 1 aliphatic carbocycles. The first kappa shape index (κ1) is 13.4. The molecule has 3 heterocycles. The molecule has 0 amide bonds. The Bertz CT molecular complexity index is 665. The maximum Gasteiger partial charge on any atom is 0.152 e. The van der Waals surface area contributed by atoms with Gasteiger partial charge in [0.15, 0.2) is 5.82 Å². The van der Waals surface area contributed by atoms with Gasteiger partial charge in [0, 0.05) is 18.0 Å². The van der Waals surface area contributed by atoms with Crippen molar-refractivity contribution < 1.29 is 4.74 Å². The van der Waals surface area contributed by atoms with Crippen LogP contribution in [0.4, 0.5) is 5.82 Å². The number of nitrogens with one attached hydrogen (secondary N) is 1. The van der Waals surface area contributed by atoms with E-state index in [1.165, 1.54) is 23.3 Å². The summed E-state index contributed by atoms with van der Waals surface area (Å²) in [5, 5.41) is 1.14. The molecule has 2 aromatic rings. The number of nitrogen functional groups attached to an aromatic ring is 1. The van der Waals surface area contributed by atoms with E-state index in [0.717, 1.165) is 61.1 Å². The lowest BCUT2D eigenvalue weighted by atomic mass is 10.2. The average molecular weight is 305 g/mol. The number of morpholine rings is 1. The molecule has 0 aromatic carbocycles. The van der Waals surface area contributed by atoms with Gasteiger partial charge in [-0.05, 0) is 24.8 Å². The van der Waals surface area contributed by atoms with Gasteiger partial charge in [0.1, 0.15) is 10.7 Å². The van der Waals surface area contributed by atoms with Gasteiger partial charge in [-0.1, -0.05) is 0 Å². The number of aryl methyl sites for hydroxylation is 2. The zero-order chi connectivity index (χ0) is 14.2. The molecule has 7 heteroatoms. The molecule has 0 unspecified atom stereocenters. The number of fused-ring (bicyclic) bond motifs is 3. The molecular weight excluding hydrogens is 286 g/mol. The summed E-state index contributed by atoms with van der Waals surface area (Å²) >= 11 is 1.80. The number of aromatic nitrogens is 2. The lowest BCUT2D eigenvalue weighted by Crippen LogP contribution is -2.36. The maximum atomic E-state index is 5.70. The lowest BCUT2D eigenvalue weighted by molar-refractivity contribution is 0.0331. The summed E-state index contributed by atoms with van der Waals surface area (Å²) in [6.07, 6.45) is 3.52. The van der Waals surface area contributed by atoms with Crippen LogP contribution in [0.3, 0.4) is 0 Å². The summed E-state index contributed by atoms with van der Waals surface area (Å²) < 4.78 is 5.38. The monoisotopic (exact) mass is 305 g/mol. The van der Waals surface area contributed by atoms with Crippen molar-refractivity contribution in [2.75, 3.05) is 31.7 Å². The zero-order valence-electron chi connectivity index (χ0n) is 11.9. The van der Waals surface area contributed by atoms with Crippen LogP contribution in [0.2, 0.25) is 0 Å². The largest absolute Gasteiger partial charge is 0.379 e. The number of anilines is 1. The van der Waals surface area contributed by atoms with E-state index in [1.54, 1.807) is 11.3 Å². The molecule has 0 radical (unpaired) electrons. The van der Waals surface area contributed by atoms with Gasteiger partial charge in [-0.15, -0.1) is 11.3 Å². The quantitative estimate of drug-likeness (QED) is 0.657. The fourth-order valence-corrected chi connectivity index (χ4v) is 4.45. The molecule has 0 spiro atoms. The second kappa shape index (κ2) is 5.49. The van der Waals surface area contributed by atoms with E-state index < -0.39 is 0 Å². The van der Waals surface area contributed by atoms with Gasteiger partial charge < -0.3 is 10.2 Å². The van der Waals surface area contributed by atoms with E-state index in [9.17, 15) is 0 Å². The molecule has 4 rings (SSSR count). The summed E-state index contributed by atoms with van der Waals surface area (Å²) in [7, 11) is 0. The predicted octanol–water partition coefficient (Wildman–Crippen LogP) is 1.30. The minimum atomic E-state index is 0.760. The number of nitrogens with zero attached hydrogens (tertiary/aromatic N) is 3. The van der Waals surface area contributed by atoms with Crippen LogP contribution in [0.15, 0.2) is 0 Å². The Hall–Kier alpha value is -1.28. The van der Waals surface area contributed by atoms with Crippen molar-refractivity contribution in [2.24, 2.45) is 5.84 Å². The molecule has 3 N–H and O–H groups in total. The topological polar surface area (TPSA) is 76.3 Å². The highest BCUT2D eigenvalue weighted by atomic mass is 32.1. The normalized spacial score (nSPS) is 19.1. The highest BCUT2D eigenvalue weighted by Gasteiger charge is 2.22. The number of thiophene rings is 1. The van der Waals surface area contributed by atoms with E-state index in [4.69, 9.17) is 15.6 Å². The van der Waals surface area contributed by atoms with Gasteiger partial charge >= 0.3 is 0 Å². The molecule has 2 aliphatic rings. The Morgan fingerprint density at radius 1 is 1.24 bits per heavy atom. The summed E-state index contributed by atoms with van der Waals surface area (Å²) in [4.78, 5) is 14.3. The predicted molar refractivity (Wildman–Crippen MR) is 83.3 cm³/mol. The third kappa shape index (κ3) is 2.40. The van der Waals surface area contributed by atoms with Crippen LogP contribution in [0, 0.1) is 0 Å². The summed E-state index contributed by atoms with van der Waals surface area (Å²) in [5.74, 6) is 7.33. The van der Waals surface area contributed by atoms with Crippen molar-refractivity contribution in [2.45, 2.75) is 25.8 Å². The Morgan fingerprint density at radius 3 is 2.90 bits per heavy atom. The van der Waals surface area contributed by atoms with Gasteiger partial charge in [0.2, 0.25) is 0 Å². The number of hydrogen-bond donors (Lipinski definition) is 2. The first-order valence-electron chi connectivity index (χ1n) is 7.43. The number of rotatable bonds is 3. The minimum absolute atomic E-state index is 0.760. The third-order valence-electron chi connectivity index (χ3n) is 4.22. The van der Waals surface area contributed by atoms with Crippen LogP contribution in [-0.4, -0.2) is 41.2 Å². The number of hydrogen-bond acceptors (Lipinski definition) is 7. The highest BCUT2D eigenvalue weighted by Crippen LogP contribution is 2.39. The van der Waals surface area contributed by atoms with E-state index in [0.29, 0.717) is 0 Å². The fraction of sp³-hybridized carbons (Fsp3) is 0.571. The van der Waals surface area contributed by atoms with Crippen LogP contribution < -0.4 is 11.3 Å². The number of hydrazine groups is 1. The standard InChI is InChI=1S/C14H19N5OS/c15-18-13-12-9-2-1-3-10(9)21-14(12)17-11(16-13)8-19-4-6-20-7-5-19/h1-8,15H2,(H,16,17,18). The van der Waals surface area contributed by atoms with Gasteiger partial charge in [0.25, 0.3) is 0 Å². The van der Waals surface area contributed by atoms with Gasteiger partial charge in [-0.3, -0.25) is 4.90 Å². The number of nitrogens with two attached hydrogens (primary N) is 1. The molecular formula is C14H19N5OS. The van der Waals surface area contributed by atoms with E-state index in [-0.39, 0.29) is 0 Å². The lowest BCUT2D eigenvalue weighted by Gasteiger charge is -2.25. The first-order valence-corrected chi connectivity index (χ1v) is 8.24. The molecule has 112 valence electrons. The summed E-state index contributed by atoms with van der Waals surface area (Å²) in [6.45, 7) is 4.22. The average Bonchev–Trinajstić information content (AvgIpc) is 3.07. The molecule has 1 saturated heterocycles. The Kier molecular flexibility index (Phi) is 3.50. The Balaban J connectivity index is 1.70. The molecule has 2 aromatic heterocycles. The van der Waals surface area contributed by atoms with Crippen molar-refractivity contribution in [3.05, 3.63) is 16.3 Å². The Morgan fingerprint density at radius 2 is 2.10 bits per heavy atom. The third-order valence-corrected chi connectivity index (χ3v) is 5.40. The van der Waals surface area contributed by atoms with Gasteiger partial charge in [0.05, 0.1) is 25.1 Å². The second-order valence-corrected chi connectivity index (χ2v) is 6.64. The van der Waals surface area contributed by atoms with Crippen molar-refractivity contribution in [3.8, 4) is 0 Å². The molecule has 1 aliphatic heterocycles. The van der Waals surface area contributed by atoms with Crippen molar-refractivity contribution in [1.82, 2.24) is 14.9 Å². The van der Waals surface area contributed by atoms with Crippen LogP contribution >= 0.6 is 11.3 Å². The SMILES string of the molecule is NNc1nc(CN2CCOCC2)nc2sc3c(c12)CCC3. The van der Waals surface area contributed by atoms with Crippen LogP contribution in [0.5, 0.6) is 0 Å². The second-order valence-electron chi connectivity index (χ2n) is 5.56. The van der Waals surface area contributed by atoms with Crippen LogP contribution in [0.25, 0.3) is 10.2 Å². The molecule has 6 nitrogen and oxygen atoms in total. The van der Waals surface area contributed by atoms with Gasteiger partial charge in [-0.2, -0.15) is 0 Å². The smallest absolute Gasteiger partial charge is 0.152 e. The Labute approximate surface area is 127 Å². The van der Waals surface area contributed by atoms with E-state index in [1.807, 2.05) is 0 Å². The fourth-order valence-electron chi connectivity index (χ4n) is 3.17. The van der Waals surface area contributed by atoms with Crippen LogP contribution in [0.1, 0.15) is 22.7 Å². The van der Waals surface area contributed by atoms with E-state index >= 15 is 0 Å². The van der Waals surface area contributed by atoms with Crippen molar-refractivity contribution in [1.29, 1.82) is 0 Å². The molecule has 1 fully saturated rings. The summed E-state index contributed by atoms with van der Waals surface area (Å²) in [6, 6.07) is 0. The molecule has 0 bridgehead atoms. The maximum absolute atomic E-state index is 5.70. The number of ether oxygens (including phenoxy) is 1. The van der Waals surface area contributed by atoms with Crippen LogP contribution in [-0.2, 0) is 24.1 Å². The highest BCUT2D eigenvalue weighted by molar-refractivity contribution is 7.19. The zero-order valence-corrected chi connectivity index (χ0v) is 12.7. The van der Waals surface area contributed by atoms with Crippen molar-refractivity contribution in [3.63, 3.8) is 0 Å². The van der Waals surface area contributed by atoms with Crippen molar-refractivity contribution >= 4 is 27.4 Å². The van der Waals surface area contributed by atoms with Gasteiger partial charge in [-0.25, -0.2) is 15.8 Å². The summed E-state index contributed by atoms with van der Waals surface area (Å²) in [5.41, 5.74) is 4.18. The molecule has 0 atom stereocenters. The molecule has 0 saturated carbocycles.